The first-order chi connectivity index (χ1) is 15.5. The number of piperidine rings is 1. The number of hydrogen-bond donors (Lipinski definition) is 0. The normalized spacial score (nSPS) is 17.2. The molecule has 1 aliphatic carbocycles. The van der Waals surface area contributed by atoms with Gasteiger partial charge in [0.05, 0.1) is 23.1 Å². The van der Waals surface area contributed by atoms with Crippen molar-refractivity contribution in [3.8, 4) is 11.3 Å². The van der Waals surface area contributed by atoms with E-state index in [0.29, 0.717) is 11.0 Å². The van der Waals surface area contributed by atoms with Crippen LogP contribution in [0.2, 0.25) is 0 Å². The molecule has 1 saturated heterocycles. The number of aryl methyl sites for hydroxylation is 2. The molecule has 0 bridgehead atoms. The molecular formula is C25H26N6O. The number of hydrogen-bond acceptors (Lipinski definition) is 5. The molecule has 1 spiro atoms. The largest absolute Gasteiger partial charge is 0.355 e. The van der Waals surface area contributed by atoms with Gasteiger partial charge in [-0.05, 0) is 67.9 Å². The molecule has 0 aromatic carbocycles. The summed E-state index contributed by atoms with van der Waals surface area (Å²) in [4.78, 5) is 24.8. The van der Waals surface area contributed by atoms with E-state index >= 15 is 0 Å². The number of pyridine rings is 2. The van der Waals surface area contributed by atoms with E-state index in [9.17, 15) is 4.79 Å². The third-order valence-electron chi connectivity index (χ3n) is 7.29. The maximum absolute atomic E-state index is 12.8. The summed E-state index contributed by atoms with van der Waals surface area (Å²) in [5, 5.41) is 4.57. The van der Waals surface area contributed by atoms with Gasteiger partial charge in [0.1, 0.15) is 5.52 Å². The Hall–Kier alpha value is -3.48. The number of rotatable bonds is 2. The molecule has 5 heterocycles. The Morgan fingerprint density at radius 1 is 1.03 bits per heavy atom. The Bertz CT molecular complexity index is 1370. The first-order valence-corrected chi connectivity index (χ1v) is 11.2. The van der Waals surface area contributed by atoms with Crippen LogP contribution in [0.3, 0.4) is 0 Å². The fourth-order valence-electron chi connectivity index (χ4n) is 5.55. The summed E-state index contributed by atoms with van der Waals surface area (Å²) in [7, 11) is 1.77. The highest BCUT2D eigenvalue weighted by Crippen LogP contribution is 2.44. The van der Waals surface area contributed by atoms with Crippen molar-refractivity contribution in [2.45, 2.75) is 32.6 Å². The van der Waals surface area contributed by atoms with E-state index in [2.05, 4.69) is 27.1 Å². The number of aromatic nitrogens is 5. The van der Waals surface area contributed by atoms with Gasteiger partial charge in [0, 0.05) is 38.2 Å². The summed E-state index contributed by atoms with van der Waals surface area (Å²) in [5.41, 5.74) is 6.13. The lowest BCUT2D eigenvalue weighted by molar-refractivity contribution is 0.231. The maximum atomic E-state index is 12.8. The molecule has 7 nitrogen and oxygen atoms in total. The van der Waals surface area contributed by atoms with Crippen molar-refractivity contribution in [3.05, 3.63) is 76.2 Å². The summed E-state index contributed by atoms with van der Waals surface area (Å²) in [6.45, 7) is 3.90. The second kappa shape index (κ2) is 7.02. The predicted octanol–water partition coefficient (Wildman–Crippen LogP) is 3.18. The lowest BCUT2D eigenvalue weighted by atomic mass is 9.76. The first-order valence-electron chi connectivity index (χ1n) is 11.2. The van der Waals surface area contributed by atoms with Gasteiger partial charge in [-0.3, -0.25) is 9.78 Å². The molecule has 1 fully saturated rings. The summed E-state index contributed by atoms with van der Waals surface area (Å²) in [6, 6.07) is 10.0. The zero-order valence-corrected chi connectivity index (χ0v) is 18.5. The highest BCUT2D eigenvalue weighted by molar-refractivity contribution is 5.75. The van der Waals surface area contributed by atoms with Crippen LogP contribution in [-0.2, 0) is 19.9 Å². The van der Waals surface area contributed by atoms with Crippen molar-refractivity contribution in [3.63, 3.8) is 0 Å². The van der Waals surface area contributed by atoms with Crippen LogP contribution in [0.25, 0.3) is 16.8 Å². The molecule has 4 aromatic rings. The molecule has 0 N–H and O–H groups in total. The van der Waals surface area contributed by atoms with E-state index < -0.39 is 0 Å². The van der Waals surface area contributed by atoms with Crippen molar-refractivity contribution >= 4 is 11.3 Å². The van der Waals surface area contributed by atoms with Crippen LogP contribution in [0.15, 0.2) is 53.7 Å². The van der Waals surface area contributed by atoms with Crippen molar-refractivity contribution in [2.75, 3.05) is 18.0 Å². The summed E-state index contributed by atoms with van der Waals surface area (Å²) in [5.74, 6) is 0.958. The van der Waals surface area contributed by atoms with Gasteiger partial charge in [0.15, 0.2) is 5.82 Å². The van der Waals surface area contributed by atoms with Crippen LogP contribution < -0.4 is 10.5 Å². The first kappa shape index (κ1) is 19.2. The van der Waals surface area contributed by atoms with E-state index in [-0.39, 0.29) is 5.56 Å². The van der Waals surface area contributed by atoms with E-state index in [1.165, 1.54) is 11.3 Å². The number of anilines is 1. The van der Waals surface area contributed by atoms with Gasteiger partial charge in [-0.15, -0.1) is 0 Å². The molecule has 2 aliphatic rings. The molecule has 0 atom stereocenters. The van der Waals surface area contributed by atoms with E-state index in [1.807, 2.05) is 35.8 Å². The average Bonchev–Trinajstić information content (AvgIpc) is 3.41. The van der Waals surface area contributed by atoms with E-state index in [0.717, 1.165) is 61.5 Å². The van der Waals surface area contributed by atoms with Crippen molar-refractivity contribution in [2.24, 2.45) is 12.5 Å². The van der Waals surface area contributed by atoms with Crippen LogP contribution in [0, 0.1) is 12.3 Å². The van der Waals surface area contributed by atoms with Crippen LogP contribution >= 0.6 is 0 Å². The van der Waals surface area contributed by atoms with Crippen molar-refractivity contribution in [1.29, 1.82) is 0 Å². The van der Waals surface area contributed by atoms with Crippen LogP contribution in [0.1, 0.15) is 29.8 Å². The molecule has 4 aromatic heterocycles. The predicted molar refractivity (Wildman–Crippen MR) is 124 cm³/mol. The third-order valence-corrected chi connectivity index (χ3v) is 7.29. The molecule has 0 unspecified atom stereocenters. The maximum Gasteiger partial charge on any atom is 0.259 e. The molecule has 0 saturated carbocycles. The van der Waals surface area contributed by atoms with Crippen LogP contribution in [-0.4, -0.2) is 37.2 Å². The standard InChI is InChI=1S/C25H26N6O/c1-17-22(19-6-4-12-29(2)24(19)32)31-21(7-11-27-31)23(28-17)30-13-8-25(9-14-30)15-18-5-3-10-26-20(18)16-25/h3-7,10-12H,8-9,13-16H2,1-2H3. The highest BCUT2D eigenvalue weighted by Gasteiger charge is 2.41. The third kappa shape index (κ3) is 2.87. The highest BCUT2D eigenvalue weighted by atomic mass is 16.1. The Labute approximate surface area is 186 Å². The fourth-order valence-corrected chi connectivity index (χ4v) is 5.55. The lowest BCUT2D eigenvalue weighted by Gasteiger charge is -2.40. The number of fused-ring (bicyclic) bond motifs is 2. The molecule has 32 heavy (non-hydrogen) atoms. The second-order valence-electron chi connectivity index (χ2n) is 9.29. The minimum absolute atomic E-state index is 0.0451. The molecule has 162 valence electrons. The SMILES string of the molecule is Cc1nc(N2CCC3(CC2)Cc2cccnc2C3)c2ccnn2c1-c1cccn(C)c1=O. The second-order valence-corrected chi connectivity index (χ2v) is 9.29. The van der Waals surface area contributed by atoms with Gasteiger partial charge in [-0.25, -0.2) is 9.50 Å². The van der Waals surface area contributed by atoms with Crippen molar-refractivity contribution < 1.29 is 0 Å². The van der Waals surface area contributed by atoms with Gasteiger partial charge < -0.3 is 9.47 Å². The topological polar surface area (TPSA) is 68.3 Å². The lowest BCUT2D eigenvalue weighted by Crippen LogP contribution is -2.41. The van der Waals surface area contributed by atoms with Gasteiger partial charge in [-0.2, -0.15) is 5.10 Å². The quantitative estimate of drug-likeness (QED) is 0.492. The van der Waals surface area contributed by atoms with Gasteiger partial charge in [0.2, 0.25) is 0 Å². The monoisotopic (exact) mass is 426 g/mol. The van der Waals surface area contributed by atoms with Crippen molar-refractivity contribution in [1.82, 2.24) is 24.1 Å². The van der Waals surface area contributed by atoms with Gasteiger partial charge in [-0.1, -0.05) is 6.07 Å². The molecule has 0 amide bonds. The summed E-state index contributed by atoms with van der Waals surface area (Å²) in [6.07, 6.45) is 9.95. The Kier molecular flexibility index (Phi) is 4.22. The minimum atomic E-state index is -0.0451. The summed E-state index contributed by atoms with van der Waals surface area (Å²) >= 11 is 0. The zero-order valence-electron chi connectivity index (χ0n) is 18.5. The van der Waals surface area contributed by atoms with Crippen LogP contribution in [0.5, 0.6) is 0 Å². The molecule has 0 radical (unpaired) electrons. The van der Waals surface area contributed by atoms with Gasteiger partial charge >= 0.3 is 0 Å². The zero-order chi connectivity index (χ0) is 21.9. The molecule has 1 aliphatic heterocycles. The summed E-state index contributed by atoms with van der Waals surface area (Å²) < 4.78 is 3.48. The number of nitrogens with zero attached hydrogens (tertiary/aromatic N) is 6. The van der Waals surface area contributed by atoms with Crippen LogP contribution in [0.4, 0.5) is 5.82 Å². The Morgan fingerprint density at radius 2 is 1.88 bits per heavy atom. The molecule has 7 heteroatoms. The molecular weight excluding hydrogens is 400 g/mol. The molecule has 6 rings (SSSR count). The Morgan fingerprint density at radius 3 is 2.69 bits per heavy atom. The average molecular weight is 427 g/mol. The van der Waals surface area contributed by atoms with Gasteiger partial charge in [0.25, 0.3) is 5.56 Å². The van der Waals surface area contributed by atoms with E-state index in [1.54, 1.807) is 24.0 Å². The fraction of sp³-hybridized carbons (Fsp3) is 0.360. The minimum Gasteiger partial charge on any atom is -0.355 e. The Balaban J connectivity index is 1.34. The smallest absolute Gasteiger partial charge is 0.259 e. The van der Waals surface area contributed by atoms with E-state index in [4.69, 9.17) is 4.98 Å².